The third kappa shape index (κ3) is 6.11. The monoisotopic (exact) mass is 553 g/mol. The SMILES string of the molecule is CCOC(=O)[C@@H]1N[C@@H](c2ccccc2)[C@H](C(=O)O[C@@H]2C[C@H](C)CC[C@H]2C(C)(C)c2ccccc2)[C@H]1c1ccccc1. The summed E-state index contributed by atoms with van der Waals surface area (Å²) in [4.78, 5) is 27.8. The first kappa shape index (κ1) is 29.1. The van der Waals surface area contributed by atoms with Crippen LogP contribution in [-0.4, -0.2) is 30.7 Å². The summed E-state index contributed by atoms with van der Waals surface area (Å²) in [5.41, 5.74) is 2.98. The first-order valence-electron chi connectivity index (χ1n) is 15.1. The molecule has 0 unspecified atom stereocenters. The molecule has 3 aromatic carbocycles. The lowest BCUT2D eigenvalue weighted by Crippen LogP contribution is -2.45. The molecular formula is C36H43NO4. The maximum Gasteiger partial charge on any atom is 0.323 e. The quantitative estimate of drug-likeness (QED) is 0.305. The maximum atomic E-state index is 14.5. The minimum Gasteiger partial charge on any atom is -0.465 e. The number of benzene rings is 3. The van der Waals surface area contributed by atoms with Crippen molar-refractivity contribution in [2.75, 3.05) is 6.61 Å². The second kappa shape index (κ2) is 12.6. The van der Waals surface area contributed by atoms with Crippen LogP contribution in [0.25, 0.3) is 0 Å². The number of rotatable bonds is 8. The van der Waals surface area contributed by atoms with E-state index in [1.165, 1.54) is 5.56 Å². The van der Waals surface area contributed by atoms with E-state index in [0.29, 0.717) is 5.92 Å². The van der Waals surface area contributed by atoms with Gasteiger partial charge in [0, 0.05) is 17.9 Å². The minimum absolute atomic E-state index is 0.161. The first-order chi connectivity index (χ1) is 19.8. The predicted octanol–water partition coefficient (Wildman–Crippen LogP) is 6.99. The lowest BCUT2D eigenvalue weighted by molar-refractivity contribution is -0.162. The fraction of sp³-hybridized carbons (Fsp3) is 0.444. The van der Waals surface area contributed by atoms with Gasteiger partial charge in [0.05, 0.1) is 12.5 Å². The molecule has 0 spiro atoms. The van der Waals surface area contributed by atoms with Crippen molar-refractivity contribution in [2.24, 2.45) is 17.8 Å². The number of ether oxygens (including phenoxy) is 2. The average molecular weight is 554 g/mol. The molecule has 0 radical (unpaired) electrons. The Labute approximate surface area is 244 Å². The fourth-order valence-corrected chi connectivity index (χ4v) is 7.18. The number of carbonyl (C=O) groups excluding carboxylic acids is 2. The number of nitrogens with one attached hydrogen (secondary N) is 1. The zero-order chi connectivity index (χ0) is 29.0. The Bertz CT molecular complexity index is 1290. The van der Waals surface area contributed by atoms with Gasteiger partial charge in [-0.05, 0) is 47.8 Å². The number of carbonyl (C=O) groups is 2. The summed E-state index contributed by atoms with van der Waals surface area (Å²) in [7, 11) is 0. The zero-order valence-corrected chi connectivity index (χ0v) is 24.7. The molecule has 3 aromatic rings. The molecule has 5 heteroatoms. The molecule has 41 heavy (non-hydrogen) atoms. The summed E-state index contributed by atoms with van der Waals surface area (Å²) in [6.45, 7) is 8.89. The Morgan fingerprint density at radius 2 is 1.41 bits per heavy atom. The molecule has 2 aliphatic rings. The van der Waals surface area contributed by atoms with Gasteiger partial charge < -0.3 is 9.47 Å². The van der Waals surface area contributed by atoms with Crippen molar-refractivity contribution >= 4 is 11.9 Å². The van der Waals surface area contributed by atoms with Crippen molar-refractivity contribution in [3.05, 3.63) is 108 Å². The van der Waals surface area contributed by atoms with E-state index >= 15 is 0 Å². The smallest absolute Gasteiger partial charge is 0.323 e. The summed E-state index contributed by atoms with van der Waals surface area (Å²) in [5, 5.41) is 3.51. The van der Waals surface area contributed by atoms with Gasteiger partial charge >= 0.3 is 11.9 Å². The van der Waals surface area contributed by atoms with Gasteiger partial charge in [0.15, 0.2) is 0 Å². The molecule has 1 aliphatic heterocycles. The Morgan fingerprint density at radius 3 is 2.02 bits per heavy atom. The van der Waals surface area contributed by atoms with Crippen LogP contribution >= 0.6 is 0 Å². The van der Waals surface area contributed by atoms with Crippen molar-refractivity contribution in [1.29, 1.82) is 0 Å². The van der Waals surface area contributed by atoms with Gasteiger partial charge in [-0.3, -0.25) is 14.9 Å². The minimum atomic E-state index is -0.665. The molecule has 1 N–H and O–H groups in total. The molecule has 2 fully saturated rings. The highest BCUT2D eigenvalue weighted by Gasteiger charge is 2.53. The molecule has 1 aliphatic carbocycles. The van der Waals surface area contributed by atoms with E-state index in [4.69, 9.17) is 9.47 Å². The van der Waals surface area contributed by atoms with Crippen LogP contribution < -0.4 is 5.32 Å². The average Bonchev–Trinajstić information content (AvgIpc) is 3.40. The number of hydrogen-bond donors (Lipinski definition) is 1. The van der Waals surface area contributed by atoms with Crippen molar-refractivity contribution in [3.63, 3.8) is 0 Å². The second-order valence-electron chi connectivity index (χ2n) is 12.3. The third-order valence-electron chi connectivity index (χ3n) is 9.39. The van der Waals surface area contributed by atoms with E-state index in [1.54, 1.807) is 0 Å². The van der Waals surface area contributed by atoms with Crippen LogP contribution in [0.4, 0.5) is 0 Å². The zero-order valence-electron chi connectivity index (χ0n) is 24.7. The van der Waals surface area contributed by atoms with Gasteiger partial charge in [0.2, 0.25) is 0 Å². The fourth-order valence-electron chi connectivity index (χ4n) is 7.18. The summed E-state index contributed by atoms with van der Waals surface area (Å²) in [6, 6.07) is 29.3. The highest BCUT2D eigenvalue weighted by atomic mass is 16.5. The van der Waals surface area contributed by atoms with Crippen LogP contribution in [-0.2, 0) is 24.5 Å². The Morgan fingerprint density at radius 1 is 0.829 bits per heavy atom. The summed E-state index contributed by atoms with van der Waals surface area (Å²) >= 11 is 0. The van der Waals surface area contributed by atoms with Crippen LogP contribution in [0.3, 0.4) is 0 Å². The van der Waals surface area contributed by atoms with Crippen LogP contribution in [0.15, 0.2) is 91.0 Å². The van der Waals surface area contributed by atoms with E-state index in [1.807, 2.05) is 73.7 Å². The molecule has 5 nitrogen and oxygen atoms in total. The topological polar surface area (TPSA) is 64.6 Å². The lowest BCUT2D eigenvalue weighted by atomic mass is 9.64. The first-order valence-corrected chi connectivity index (χ1v) is 15.1. The largest absolute Gasteiger partial charge is 0.465 e. The highest BCUT2D eigenvalue weighted by molar-refractivity contribution is 5.83. The van der Waals surface area contributed by atoms with Crippen LogP contribution in [0, 0.1) is 17.8 Å². The van der Waals surface area contributed by atoms with Gasteiger partial charge in [-0.15, -0.1) is 0 Å². The van der Waals surface area contributed by atoms with Gasteiger partial charge in [-0.1, -0.05) is 118 Å². The Balaban J connectivity index is 1.52. The summed E-state index contributed by atoms with van der Waals surface area (Å²) in [5.74, 6) is -0.946. The molecule has 1 saturated heterocycles. The maximum absolute atomic E-state index is 14.5. The summed E-state index contributed by atoms with van der Waals surface area (Å²) < 4.78 is 12.1. The Hall–Kier alpha value is -3.44. The Kier molecular flexibility index (Phi) is 8.94. The lowest BCUT2D eigenvalue weighted by Gasteiger charge is -2.44. The normalized spacial score (nSPS) is 28.1. The van der Waals surface area contributed by atoms with Crippen molar-refractivity contribution in [2.45, 2.75) is 76.5 Å². The molecule has 7 atom stereocenters. The van der Waals surface area contributed by atoms with Crippen molar-refractivity contribution in [1.82, 2.24) is 5.32 Å². The van der Waals surface area contributed by atoms with E-state index in [9.17, 15) is 9.59 Å². The number of esters is 2. The van der Waals surface area contributed by atoms with Gasteiger partial charge in [0.1, 0.15) is 12.1 Å². The third-order valence-corrected chi connectivity index (χ3v) is 9.39. The molecule has 0 amide bonds. The molecule has 5 rings (SSSR count). The van der Waals surface area contributed by atoms with Crippen LogP contribution in [0.1, 0.15) is 75.6 Å². The van der Waals surface area contributed by atoms with E-state index in [2.05, 4.69) is 50.4 Å². The number of hydrogen-bond acceptors (Lipinski definition) is 5. The molecule has 1 heterocycles. The van der Waals surface area contributed by atoms with Crippen LogP contribution in [0.2, 0.25) is 0 Å². The molecule has 216 valence electrons. The predicted molar refractivity (Wildman–Crippen MR) is 161 cm³/mol. The van der Waals surface area contributed by atoms with Crippen LogP contribution in [0.5, 0.6) is 0 Å². The second-order valence-corrected chi connectivity index (χ2v) is 12.3. The molecule has 0 bridgehead atoms. The van der Waals surface area contributed by atoms with Crippen molar-refractivity contribution < 1.29 is 19.1 Å². The molecular weight excluding hydrogens is 510 g/mol. The van der Waals surface area contributed by atoms with Gasteiger partial charge in [-0.25, -0.2) is 0 Å². The standard InChI is InChI=1S/C36H43NO4/c1-5-40-35(39)33-30(25-15-9-6-10-16-25)31(32(37-33)26-17-11-7-12-18-26)34(38)41-29-23-24(2)21-22-28(29)36(3,4)27-19-13-8-14-20-27/h6-20,24,28-33,37H,5,21-23H2,1-4H3/t24-,28-,29-,30-,31-,32+,33-/m1/s1. The van der Waals surface area contributed by atoms with E-state index < -0.39 is 17.9 Å². The molecule has 0 aromatic heterocycles. The van der Waals surface area contributed by atoms with Gasteiger partial charge in [0.25, 0.3) is 0 Å². The van der Waals surface area contributed by atoms with Crippen molar-refractivity contribution in [3.8, 4) is 0 Å². The van der Waals surface area contributed by atoms with Gasteiger partial charge in [-0.2, -0.15) is 0 Å². The van der Waals surface area contributed by atoms with E-state index in [0.717, 1.165) is 30.4 Å². The summed E-state index contributed by atoms with van der Waals surface area (Å²) in [6.07, 6.45) is 2.74. The molecule has 1 saturated carbocycles. The van der Waals surface area contributed by atoms with E-state index in [-0.39, 0.29) is 42.0 Å². The highest BCUT2D eigenvalue weighted by Crippen LogP contribution is 2.47.